The van der Waals surface area contributed by atoms with Crippen LogP contribution in [0.15, 0.2) is 0 Å². The van der Waals surface area contributed by atoms with Gasteiger partial charge in [-0.15, -0.1) is 0 Å². The molecule has 7 nitrogen and oxygen atoms in total. The van der Waals surface area contributed by atoms with E-state index in [9.17, 15) is 18.0 Å². The third kappa shape index (κ3) is 4.87. The lowest BCUT2D eigenvalue weighted by atomic mass is 9.94. The molecule has 0 spiro atoms. The first-order chi connectivity index (χ1) is 13.4. The van der Waals surface area contributed by atoms with Crippen LogP contribution in [0.2, 0.25) is 0 Å². The number of likely N-dealkylation sites (tertiary alicyclic amines) is 2. The lowest BCUT2D eigenvalue weighted by Gasteiger charge is -2.36. The fourth-order valence-electron chi connectivity index (χ4n) is 4.80. The molecule has 0 radical (unpaired) electrons. The summed E-state index contributed by atoms with van der Waals surface area (Å²) in [5, 5.41) is 0. The molecule has 160 valence electrons. The molecule has 0 aliphatic carbocycles. The van der Waals surface area contributed by atoms with Crippen LogP contribution >= 0.6 is 0 Å². The molecule has 0 aromatic heterocycles. The summed E-state index contributed by atoms with van der Waals surface area (Å²) in [6.45, 7) is 5.14. The number of carbonyl (C=O) groups is 2. The highest BCUT2D eigenvalue weighted by Gasteiger charge is 2.41. The highest BCUT2D eigenvalue weighted by molar-refractivity contribution is 7.89. The number of hydrogen-bond donors (Lipinski definition) is 0. The first-order valence-corrected chi connectivity index (χ1v) is 12.6. The molecule has 28 heavy (non-hydrogen) atoms. The van der Waals surface area contributed by atoms with Crippen molar-refractivity contribution < 1.29 is 18.0 Å². The summed E-state index contributed by atoms with van der Waals surface area (Å²) in [7, 11) is -3.36. The predicted molar refractivity (Wildman–Crippen MR) is 108 cm³/mol. The van der Waals surface area contributed by atoms with Crippen LogP contribution in [0.1, 0.15) is 64.7 Å². The molecule has 3 fully saturated rings. The highest BCUT2D eigenvalue weighted by Crippen LogP contribution is 2.27. The van der Waals surface area contributed by atoms with E-state index in [1.54, 1.807) is 4.90 Å². The highest BCUT2D eigenvalue weighted by atomic mass is 32.2. The Balaban J connectivity index is 1.55. The topological polar surface area (TPSA) is 78.0 Å². The minimum Gasteiger partial charge on any atom is -0.342 e. The fraction of sp³-hybridized carbons (Fsp3) is 0.900. The zero-order valence-electron chi connectivity index (χ0n) is 17.1. The molecule has 3 heterocycles. The van der Waals surface area contributed by atoms with Crippen LogP contribution in [-0.4, -0.2) is 78.9 Å². The summed E-state index contributed by atoms with van der Waals surface area (Å²) in [4.78, 5) is 29.6. The summed E-state index contributed by atoms with van der Waals surface area (Å²) in [6.07, 6.45) is 7.87. The van der Waals surface area contributed by atoms with Crippen molar-refractivity contribution in [3.05, 3.63) is 0 Å². The van der Waals surface area contributed by atoms with Crippen LogP contribution < -0.4 is 0 Å². The Bertz CT molecular complexity index is 650. The maximum absolute atomic E-state index is 13.0. The molecule has 1 atom stereocenters. The molecule has 2 amide bonds. The number of sulfonamides is 1. The molecule has 3 aliphatic rings. The van der Waals surface area contributed by atoms with Crippen molar-refractivity contribution in [2.45, 2.75) is 70.8 Å². The van der Waals surface area contributed by atoms with Crippen LogP contribution in [0, 0.1) is 5.92 Å². The Morgan fingerprint density at radius 2 is 1.39 bits per heavy atom. The minimum atomic E-state index is -3.36. The molecule has 8 heteroatoms. The number of nitrogens with zero attached hydrogens (tertiary/aromatic N) is 3. The zero-order chi connectivity index (χ0) is 20.1. The third-order valence-electron chi connectivity index (χ3n) is 6.38. The SMILES string of the molecule is CCCS(=O)(=O)N1CCCC1C(=O)N1CCC(C(=O)N2CCCCCC2)CC1. The largest absolute Gasteiger partial charge is 0.342 e. The van der Waals surface area contributed by atoms with Crippen LogP contribution in [0.25, 0.3) is 0 Å². The standard InChI is InChI=1S/C20H35N3O4S/c1-2-16-28(26,27)23-13-7-8-18(23)20(25)22-14-9-17(10-15-22)19(24)21-11-5-3-4-6-12-21/h17-18H,2-16H2,1H3. The fourth-order valence-corrected chi connectivity index (χ4v) is 6.54. The zero-order valence-corrected chi connectivity index (χ0v) is 18.0. The number of rotatable bonds is 5. The first-order valence-electron chi connectivity index (χ1n) is 11.0. The second-order valence-corrected chi connectivity index (χ2v) is 10.5. The number of carbonyl (C=O) groups excluding carboxylic acids is 2. The molecule has 3 rings (SSSR count). The smallest absolute Gasteiger partial charge is 0.241 e. The second-order valence-electron chi connectivity index (χ2n) is 8.42. The molecule has 3 saturated heterocycles. The van der Waals surface area contributed by atoms with Crippen LogP contribution in [-0.2, 0) is 19.6 Å². The molecule has 0 bridgehead atoms. The monoisotopic (exact) mass is 413 g/mol. The van der Waals surface area contributed by atoms with Crippen LogP contribution in [0.4, 0.5) is 0 Å². The predicted octanol–water partition coefficient (Wildman–Crippen LogP) is 1.83. The van der Waals surface area contributed by atoms with E-state index < -0.39 is 16.1 Å². The van der Waals surface area contributed by atoms with Crippen molar-refractivity contribution >= 4 is 21.8 Å². The van der Waals surface area contributed by atoms with Gasteiger partial charge in [0, 0.05) is 38.6 Å². The van der Waals surface area contributed by atoms with Crippen molar-refractivity contribution in [2.75, 3.05) is 38.5 Å². The van der Waals surface area contributed by atoms with Gasteiger partial charge >= 0.3 is 0 Å². The average Bonchev–Trinajstić information content (AvgIpc) is 3.04. The molecule has 3 aliphatic heterocycles. The van der Waals surface area contributed by atoms with Gasteiger partial charge in [-0.1, -0.05) is 19.8 Å². The van der Waals surface area contributed by atoms with E-state index in [4.69, 9.17) is 0 Å². The first kappa shape index (κ1) is 21.6. The maximum Gasteiger partial charge on any atom is 0.241 e. The molecule has 0 N–H and O–H groups in total. The van der Waals surface area contributed by atoms with E-state index >= 15 is 0 Å². The van der Waals surface area contributed by atoms with Gasteiger partial charge in [0.2, 0.25) is 21.8 Å². The quantitative estimate of drug-likeness (QED) is 0.689. The van der Waals surface area contributed by atoms with Crippen molar-refractivity contribution in [3.63, 3.8) is 0 Å². The van der Waals surface area contributed by atoms with Crippen LogP contribution in [0.3, 0.4) is 0 Å². The van der Waals surface area contributed by atoms with Gasteiger partial charge in [-0.2, -0.15) is 4.31 Å². The summed E-state index contributed by atoms with van der Waals surface area (Å²) in [6, 6.07) is -0.547. The average molecular weight is 414 g/mol. The molecule has 0 aromatic rings. The Morgan fingerprint density at radius 3 is 2.00 bits per heavy atom. The van der Waals surface area contributed by atoms with Gasteiger partial charge in [0.15, 0.2) is 0 Å². The van der Waals surface area contributed by atoms with Crippen LogP contribution in [0.5, 0.6) is 0 Å². The van der Waals surface area contributed by atoms with Gasteiger partial charge in [0.1, 0.15) is 6.04 Å². The molecule has 1 unspecified atom stereocenters. The Labute approximate surface area is 169 Å². The number of amides is 2. The Kier molecular flexibility index (Phi) is 7.36. The van der Waals surface area contributed by atoms with E-state index in [1.165, 1.54) is 17.1 Å². The second kappa shape index (κ2) is 9.57. The molecular formula is C20H35N3O4S. The van der Waals surface area contributed by atoms with E-state index in [0.29, 0.717) is 45.3 Å². The summed E-state index contributed by atoms with van der Waals surface area (Å²) in [5.74, 6) is 0.286. The number of hydrogen-bond acceptors (Lipinski definition) is 4. The van der Waals surface area contributed by atoms with Crippen molar-refractivity contribution in [2.24, 2.45) is 5.92 Å². The summed E-state index contributed by atoms with van der Waals surface area (Å²) < 4.78 is 26.4. The van der Waals surface area contributed by atoms with Gasteiger partial charge in [-0.25, -0.2) is 8.42 Å². The lowest BCUT2D eigenvalue weighted by molar-refractivity contribution is -0.142. The Morgan fingerprint density at radius 1 is 0.786 bits per heavy atom. The van der Waals surface area contributed by atoms with Gasteiger partial charge < -0.3 is 9.80 Å². The lowest BCUT2D eigenvalue weighted by Crippen LogP contribution is -2.51. The van der Waals surface area contributed by atoms with Crippen molar-refractivity contribution in [1.82, 2.24) is 14.1 Å². The maximum atomic E-state index is 13.0. The van der Waals surface area contributed by atoms with Gasteiger partial charge in [-0.05, 0) is 44.9 Å². The third-order valence-corrected chi connectivity index (χ3v) is 8.46. The molecule has 0 saturated carbocycles. The van der Waals surface area contributed by atoms with Gasteiger partial charge in [0.05, 0.1) is 5.75 Å². The summed E-state index contributed by atoms with van der Waals surface area (Å²) in [5.41, 5.74) is 0. The van der Waals surface area contributed by atoms with Gasteiger partial charge in [-0.3, -0.25) is 9.59 Å². The normalized spacial score (nSPS) is 25.7. The van der Waals surface area contributed by atoms with Crippen molar-refractivity contribution in [3.8, 4) is 0 Å². The van der Waals surface area contributed by atoms with Crippen molar-refractivity contribution in [1.29, 1.82) is 0 Å². The van der Waals surface area contributed by atoms with E-state index in [0.717, 1.165) is 32.4 Å². The summed E-state index contributed by atoms with van der Waals surface area (Å²) >= 11 is 0. The van der Waals surface area contributed by atoms with Gasteiger partial charge in [0.25, 0.3) is 0 Å². The minimum absolute atomic E-state index is 0.00524. The molecule has 0 aromatic carbocycles. The van der Waals surface area contributed by atoms with E-state index in [1.807, 2.05) is 11.8 Å². The molecular weight excluding hydrogens is 378 g/mol. The van der Waals surface area contributed by atoms with E-state index in [-0.39, 0.29) is 23.5 Å². The van der Waals surface area contributed by atoms with E-state index in [2.05, 4.69) is 0 Å². The Hall–Kier alpha value is -1.15. The number of piperidine rings is 1.